The fourth-order valence-electron chi connectivity index (χ4n) is 3.70. The Morgan fingerprint density at radius 1 is 0.848 bits per heavy atom. The molecule has 8 heteroatoms. The Morgan fingerprint density at radius 2 is 1.45 bits per heavy atom. The summed E-state index contributed by atoms with van der Waals surface area (Å²) in [6, 6.07) is 18.1. The Morgan fingerprint density at radius 3 is 2.09 bits per heavy atom. The van der Waals surface area contributed by atoms with E-state index < -0.39 is 11.8 Å². The zero-order chi connectivity index (χ0) is 23.7. The van der Waals surface area contributed by atoms with E-state index in [1.54, 1.807) is 18.2 Å². The molecule has 0 aromatic heterocycles. The molecule has 0 bridgehead atoms. The van der Waals surface area contributed by atoms with Gasteiger partial charge in [0, 0.05) is 23.1 Å². The van der Waals surface area contributed by atoms with Gasteiger partial charge in [-0.2, -0.15) is 5.26 Å². The number of fused-ring (bicyclic) bond motifs is 1. The molecular formula is C25H14Cl4N2O2. The second-order valence-electron chi connectivity index (χ2n) is 7.36. The molecule has 1 heterocycles. The minimum absolute atomic E-state index is 0.0784. The molecule has 4 nitrogen and oxygen atoms in total. The molecule has 0 saturated heterocycles. The molecule has 4 rings (SSSR count). The number of Topliss-reactive ketones (excluding diaryl/α,β-unsaturated/α-hetero) is 2. The van der Waals surface area contributed by atoms with E-state index >= 15 is 0 Å². The average molecular weight is 516 g/mol. The predicted molar refractivity (Wildman–Crippen MR) is 131 cm³/mol. The zero-order valence-electron chi connectivity index (χ0n) is 16.8. The van der Waals surface area contributed by atoms with Crippen molar-refractivity contribution in [2.24, 2.45) is 0 Å². The largest absolute Gasteiger partial charge is 0.376 e. The standard InChI is InChI=1S/C25H14Cl4N2O2/c26-18-7-5-13(9-20(18)28)23(32)11-22-15-3-1-2-4-16(15)24(31-22)17(12-30)25(33)14-6-8-19(27)21(29)10-14/h1-10,22,31H,11H2/b24-17-. The Labute approximate surface area is 210 Å². The van der Waals surface area contributed by atoms with Crippen LogP contribution in [-0.2, 0) is 0 Å². The first kappa shape index (κ1) is 23.4. The topological polar surface area (TPSA) is 70.0 Å². The highest BCUT2D eigenvalue weighted by molar-refractivity contribution is 6.42. The van der Waals surface area contributed by atoms with Gasteiger partial charge in [-0.05, 0) is 42.0 Å². The van der Waals surface area contributed by atoms with E-state index in [-0.39, 0.29) is 28.4 Å². The molecule has 1 aliphatic rings. The molecule has 0 fully saturated rings. The summed E-state index contributed by atoms with van der Waals surface area (Å²) in [4.78, 5) is 26.1. The fourth-order valence-corrected chi connectivity index (χ4v) is 4.30. The van der Waals surface area contributed by atoms with Crippen molar-refractivity contribution in [3.05, 3.63) is 109 Å². The van der Waals surface area contributed by atoms with Crippen molar-refractivity contribution in [2.75, 3.05) is 0 Å². The molecule has 1 aliphatic heterocycles. The van der Waals surface area contributed by atoms with E-state index in [4.69, 9.17) is 46.4 Å². The average Bonchev–Trinajstić information content (AvgIpc) is 3.16. The minimum Gasteiger partial charge on any atom is -0.376 e. The molecule has 1 atom stereocenters. The van der Waals surface area contributed by atoms with Gasteiger partial charge in [0.05, 0.1) is 31.8 Å². The van der Waals surface area contributed by atoms with Gasteiger partial charge in [-0.3, -0.25) is 9.59 Å². The number of nitriles is 1. The summed E-state index contributed by atoms with van der Waals surface area (Å²) in [5.41, 5.74) is 2.46. The lowest BCUT2D eigenvalue weighted by Crippen LogP contribution is -2.18. The summed E-state index contributed by atoms with van der Waals surface area (Å²) in [6.45, 7) is 0. The molecule has 0 amide bonds. The van der Waals surface area contributed by atoms with Crippen molar-refractivity contribution in [3.8, 4) is 6.07 Å². The normalized spacial score (nSPS) is 15.9. The van der Waals surface area contributed by atoms with Crippen LogP contribution in [0.2, 0.25) is 20.1 Å². The summed E-state index contributed by atoms with van der Waals surface area (Å²) in [5.74, 6) is -0.652. The molecule has 0 radical (unpaired) electrons. The number of carbonyl (C=O) groups is 2. The third-order valence-electron chi connectivity index (χ3n) is 5.33. The van der Waals surface area contributed by atoms with Crippen molar-refractivity contribution >= 4 is 63.7 Å². The van der Waals surface area contributed by atoms with Crippen molar-refractivity contribution < 1.29 is 9.59 Å². The summed E-state index contributed by atoms with van der Waals surface area (Å²) < 4.78 is 0. The summed E-state index contributed by atoms with van der Waals surface area (Å²) in [7, 11) is 0. The third kappa shape index (κ3) is 4.64. The van der Waals surface area contributed by atoms with Gasteiger partial charge in [0.25, 0.3) is 0 Å². The van der Waals surface area contributed by atoms with Crippen LogP contribution in [0.25, 0.3) is 5.70 Å². The molecule has 0 spiro atoms. The van der Waals surface area contributed by atoms with Gasteiger partial charge in [-0.15, -0.1) is 0 Å². The Hall–Kier alpha value is -2.81. The zero-order valence-corrected chi connectivity index (χ0v) is 19.9. The molecule has 3 aromatic rings. The second-order valence-corrected chi connectivity index (χ2v) is 8.99. The Bertz CT molecular complexity index is 1380. The highest BCUT2D eigenvalue weighted by Crippen LogP contribution is 2.37. The number of halogens is 4. The Balaban J connectivity index is 1.70. The Kier molecular flexibility index (Phi) is 6.78. The molecule has 33 heavy (non-hydrogen) atoms. The van der Waals surface area contributed by atoms with Gasteiger partial charge in [-0.1, -0.05) is 70.7 Å². The van der Waals surface area contributed by atoms with Crippen LogP contribution in [-0.4, -0.2) is 11.6 Å². The highest BCUT2D eigenvalue weighted by Gasteiger charge is 2.32. The smallest absolute Gasteiger partial charge is 0.205 e. The maximum atomic E-state index is 13.1. The van der Waals surface area contributed by atoms with E-state index in [0.29, 0.717) is 31.9 Å². The van der Waals surface area contributed by atoms with Crippen LogP contribution in [0.4, 0.5) is 0 Å². The quantitative estimate of drug-likeness (QED) is 0.219. The lowest BCUT2D eigenvalue weighted by Gasteiger charge is -2.13. The van der Waals surface area contributed by atoms with Crippen LogP contribution in [0.5, 0.6) is 0 Å². The van der Waals surface area contributed by atoms with Crippen molar-refractivity contribution in [1.29, 1.82) is 5.26 Å². The summed E-state index contributed by atoms with van der Waals surface area (Å²) in [6.07, 6.45) is 0.0954. The highest BCUT2D eigenvalue weighted by atomic mass is 35.5. The third-order valence-corrected chi connectivity index (χ3v) is 6.80. The van der Waals surface area contributed by atoms with Gasteiger partial charge < -0.3 is 5.32 Å². The molecule has 3 aromatic carbocycles. The number of benzene rings is 3. The predicted octanol–water partition coefficient (Wildman–Crippen LogP) is 7.34. The van der Waals surface area contributed by atoms with Crippen molar-refractivity contribution in [3.63, 3.8) is 0 Å². The molecule has 164 valence electrons. The number of ketones is 2. The molecule has 0 saturated carbocycles. The van der Waals surface area contributed by atoms with Crippen LogP contribution in [0.1, 0.15) is 44.3 Å². The molecular weight excluding hydrogens is 502 g/mol. The molecule has 1 N–H and O–H groups in total. The first-order valence-electron chi connectivity index (χ1n) is 9.78. The number of hydrogen-bond donors (Lipinski definition) is 1. The van der Waals surface area contributed by atoms with Crippen LogP contribution in [0.15, 0.2) is 66.2 Å². The van der Waals surface area contributed by atoms with Gasteiger partial charge >= 0.3 is 0 Å². The van der Waals surface area contributed by atoms with Gasteiger partial charge in [0.15, 0.2) is 5.78 Å². The monoisotopic (exact) mass is 514 g/mol. The maximum Gasteiger partial charge on any atom is 0.205 e. The number of carbonyl (C=O) groups excluding carboxylic acids is 2. The molecule has 0 aliphatic carbocycles. The van der Waals surface area contributed by atoms with E-state index in [2.05, 4.69) is 5.32 Å². The minimum atomic E-state index is -0.496. The van der Waals surface area contributed by atoms with E-state index in [9.17, 15) is 14.9 Å². The van der Waals surface area contributed by atoms with Gasteiger partial charge in [0.1, 0.15) is 11.6 Å². The number of hydrogen-bond acceptors (Lipinski definition) is 4. The number of nitrogens with zero attached hydrogens (tertiary/aromatic N) is 1. The SMILES string of the molecule is N#C/C(C(=O)c1ccc(Cl)c(Cl)c1)=C1/NC(CC(=O)c2ccc(Cl)c(Cl)c2)c2ccccc21. The van der Waals surface area contributed by atoms with Crippen LogP contribution in [0, 0.1) is 11.3 Å². The van der Waals surface area contributed by atoms with Gasteiger partial charge in [-0.25, -0.2) is 0 Å². The van der Waals surface area contributed by atoms with E-state index in [1.165, 1.54) is 24.3 Å². The van der Waals surface area contributed by atoms with E-state index in [1.807, 2.05) is 24.3 Å². The summed E-state index contributed by atoms with van der Waals surface area (Å²) >= 11 is 24.0. The van der Waals surface area contributed by atoms with Crippen LogP contribution < -0.4 is 5.32 Å². The summed E-state index contributed by atoms with van der Waals surface area (Å²) in [5, 5.41) is 14.2. The second kappa shape index (κ2) is 9.59. The number of nitrogens with one attached hydrogen (secondary N) is 1. The number of allylic oxidation sites excluding steroid dienone is 1. The maximum absolute atomic E-state index is 13.1. The van der Waals surface area contributed by atoms with Crippen molar-refractivity contribution in [2.45, 2.75) is 12.5 Å². The van der Waals surface area contributed by atoms with Crippen LogP contribution >= 0.6 is 46.4 Å². The fraction of sp³-hybridized carbons (Fsp3) is 0.0800. The lowest BCUT2D eigenvalue weighted by atomic mass is 9.96. The van der Waals surface area contributed by atoms with E-state index in [0.717, 1.165) is 5.56 Å². The van der Waals surface area contributed by atoms with Gasteiger partial charge in [0.2, 0.25) is 5.78 Å². The van der Waals surface area contributed by atoms with Crippen molar-refractivity contribution in [1.82, 2.24) is 5.32 Å². The molecule has 1 unspecified atom stereocenters. The first-order valence-corrected chi connectivity index (χ1v) is 11.3. The lowest BCUT2D eigenvalue weighted by molar-refractivity contribution is 0.0971. The first-order chi connectivity index (χ1) is 15.8. The van der Waals surface area contributed by atoms with Crippen LogP contribution in [0.3, 0.4) is 0 Å². The number of rotatable bonds is 5.